The van der Waals surface area contributed by atoms with Gasteiger partial charge in [0.25, 0.3) is 0 Å². The highest BCUT2D eigenvalue weighted by molar-refractivity contribution is 5.78. The number of carbonyl (C=O) groups excluding carboxylic acids is 10. The van der Waals surface area contributed by atoms with Crippen LogP contribution in [0.15, 0.2) is 0 Å². The molecule has 0 aliphatic rings. The van der Waals surface area contributed by atoms with Crippen molar-refractivity contribution in [2.45, 2.75) is 116 Å². The molecule has 0 fully saturated rings. The highest BCUT2D eigenvalue weighted by atomic mass is 16.6. The fourth-order valence-electron chi connectivity index (χ4n) is 6.18. The largest absolute Gasteiger partial charge is 0.465 e. The number of alkyl carbamates (subject to hydrolysis) is 6. The lowest BCUT2D eigenvalue weighted by molar-refractivity contribution is -0.142. The molecule has 6 N–H and O–H groups in total. The highest BCUT2D eigenvalue weighted by Crippen LogP contribution is 2.05. The summed E-state index contributed by atoms with van der Waals surface area (Å²) < 4.78 is 80.2. The molecule has 0 aromatic heterocycles. The van der Waals surface area contributed by atoms with E-state index in [0.717, 1.165) is 6.42 Å². The summed E-state index contributed by atoms with van der Waals surface area (Å²) in [6.07, 6.45) is -1.29. The number of ether oxygens (including phenoxy) is 16. The molecule has 0 unspecified atom stereocenters. The standard InChI is InChI=1S/C30H55N5O13.C20H37N3O9.2C4H10O2.4CH4/c1-5-15-45-27(38)31-9-7-26(8-10-32-28(39)46-16-6-2)48-30(41)34-12-18-43-22-21-42-17-11-33-29(40)47-20-14-35(23-24(3)36)13-19-44-25(4)37;1-4-9-31-19(26)21-5-10-28-14-15-29-11-6-22-20(27)32-13-8-23(16-17(2)24)7-12-30-18(3)25;2*1-5-3-4-6-2;;;;/h26H,5-23H2,1-4H3,(H,31,38)(H,32,39)(H,33,40)(H,34,41);4-16H2,1-3H3,(H,21,26)(H,22,27);2*3-4H2,1-2H3;4*1H4. The number of nitrogens with zero attached hydrogens (tertiary/aromatic N) is 2. The number of rotatable bonds is 53. The SMILES string of the molecule is C.C.C.C.CCCOC(=O)NCCC(CCNC(=O)OCCC)OC(=O)NCCOCCOCCNC(=O)OCCN(CCOC(C)=O)CC(C)=O.CCCOC(=O)NCCOCCOCCNC(=O)OCCN(CCOC(C)=O)CC(C)=O.COCCOC.COCCOC. The zero-order valence-corrected chi connectivity index (χ0v) is 56.5. The van der Waals surface area contributed by atoms with Crippen LogP contribution < -0.4 is 31.9 Å². The van der Waals surface area contributed by atoms with Gasteiger partial charge >= 0.3 is 48.5 Å². The van der Waals surface area contributed by atoms with E-state index in [1.165, 1.54) is 27.7 Å². The van der Waals surface area contributed by atoms with Crippen molar-refractivity contribution in [1.29, 1.82) is 0 Å². The molecule has 0 saturated carbocycles. The average molecular weight is 1400 g/mol. The van der Waals surface area contributed by atoms with Gasteiger partial charge in [0.2, 0.25) is 0 Å². The van der Waals surface area contributed by atoms with Gasteiger partial charge < -0.3 is 108 Å². The molecular weight excluding hydrogens is 1270 g/mol. The molecule has 34 nitrogen and oxygen atoms in total. The van der Waals surface area contributed by atoms with Gasteiger partial charge in [0.15, 0.2) is 0 Å². The van der Waals surface area contributed by atoms with E-state index in [-0.39, 0.29) is 140 Å². The Morgan fingerprint density at radius 2 is 0.542 bits per heavy atom. The van der Waals surface area contributed by atoms with Gasteiger partial charge in [-0.2, -0.15) is 0 Å². The van der Waals surface area contributed by atoms with Crippen molar-refractivity contribution in [1.82, 2.24) is 41.7 Å². The third kappa shape index (κ3) is 89.6. The molecule has 0 atom stereocenters. The summed E-state index contributed by atoms with van der Waals surface area (Å²) in [5.41, 5.74) is 0. The third-order valence-electron chi connectivity index (χ3n) is 10.4. The normalized spacial score (nSPS) is 9.94. The van der Waals surface area contributed by atoms with E-state index in [1.807, 2.05) is 20.8 Å². The molecule has 0 rings (SSSR count). The Hall–Kier alpha value is -6.50. The first-order valence-electron chi connectivity index (χ1n) is 30.7. The van der Waals surface area contributed by atoms with Gasteiger partial charge in [-0.1, -0.05) is 50.5 Å². The van der Waals surface area contributed by atoms with Crippen LogP contribution in [0.5, 0.6) is 0 Å². The molecule has 34 heteroatoms. The number of hydrogen-bond donors (Lipinski definition) is 6. The Kier molecular flexibility index (Phi) is 90.9. The molecule has 0 spiro atoms. The minimum absolute atomic E-state index is 0. The molecule has 0 bridgehead atoms. The summed E-state index contributed by atoms with van der Waals surface area (Å²) >= 11 is 0. The second-order valence-electron chi connectivity index (χ2n) is 18.9. The molecule has 0 saturated heterocycles. The topological polar surface area (TPSA) is 397 Å². The first-order chi connectivity index (χ1) is 44.2. The van der Waals surface area contributed by atoms with Gasteiger partial charge in [-0.25, -0.2) is 28.8 Å². The second kappa shape index (κ2) is 82.7. The minimum atomic E-state index is -0.673. The molecule has 0 aliphatic carbocycles. The highest BCUT2D eigenvalue weighted by Gasteiger charge is 2.17. The minimum Gasteiger partial charge on any atom is -0.465 e. The number of nitrogens with one attached hydrogen (secondary N) is 6. The van der Waals surface area contributed by atoms with Crippen LogP contribution in [-0.4, -0.2) is 308 Å². The van der Waals surface area contributed by atoms with Gasteiger partial charge in [0.05, 0.1) is 112 Å². The lowest BCUT2D eigenvalue weighted by Crippen LogP contribution is -2.36. The van der Waals surface area contributed by atoms with Crippen molar-refractivity contribution in [2.75, 3.05) is 233 Å². The van der Waals surface area contributed by atoms with Crippen molar-refractivity contribution >= 4 is 60.1 Å². The molecule has 0 radical (unpaired) electrons. The third-order valence-corrected chi connectivity index (χ3v) is 10.4. The number of carbonyl (C=O) groups is 10. The van der Waals surface area contributed by atoms with Crippen LogP contribution in [0.1, 0.15) is 110 Å². The van der Waals surface area contributed by atoms with E-state index >= 15 is 0 Å². The monoisotopic (exact) mass is 1400 g/mol. The lowest BCUT2D eigenvalue weighted by atomic mass is 10.2. The van der Waals surface area contributed by atoms with Crippen LogP contribution in [0.4, 0.5) is 28.8 Å². The van der Waals surface area contributed by atoms with Crippen LogP contribution in [0.25, 0.3) is 0 Å². The molecule has 0 heterocycles. The maximum atomic E-state index is 12.3. The Labute approximate surface area is 572 Å². The maximum Gasteiger partial charge on any atom is 0.407 e. The van der Waals surface area contributed by atoms with Crippen LogP contribution in [0, 0.1) is 0 Å². The quantitative estimate of drug-likeness (QED) is 0.0271. The molecular formula is C62H128N8O26. The average Bonchev–Trinajstić information content (AvgIpc) is 2.11. The number of methoxy groups -OCH3 is 4. The first-order valence-corrected chi connectivity index (χ1v) is 30.7. The van der Waals surface area contributed by atoms with Crippen LogP contribution in [0.2, 0.25) is 0 Å². The maximum absolute atomic E-state index is 12.3. The van der Waals surface area contributed by atoms with Gasteiger partial charge in [-0.05, 0) is 33.1 Å². The molecule has 6 amide bonds. The smallest absolute Gasteiger partial charge is 0.407 e. The van der Waals surface area contributed by atoms with E-state index in [0.29, 0.717) is 131 Å². The number of hydrogen-bond acceptors (Lipinski definition) is 28. The van der Waals surface area contributed by atoms with Crippen LogP contribution in [0.3, 0.4) is 0 Å². The van der Waals surface area contributed by atoms with E-state index < -0.39 is 54.6 Å². The lowest BCUT2D eigenvalue weighted by Gasteiger charge is -2.20. The van der Waals surface area contributed by atoms with Gasteiger partial charge in [0, 0.05) is 121 Å². The van der Waals surface area contributed by atoms with Gasteiger partial charge in [-0.15, -0.1) is 0 Å². The number of ketones is 2. The molecule has 0 aromatic carbocycles. The van der Waals surface area contributed by atoms with Crippen molar-refractivity contribution in [3.8, 4) is 0 Å². The van der Waals surface area contributed by atoms with E-state index in [2.05, 4.69) is 50.8 Å². The zero-order chi connectivity index (χ0) is 69.5. The number of esters is 2. The van der Waals surface area contributed by atoms with Crippen molar-refractivity contribution in [2.24, 2.45) is 0 Å². The molecule has 96 heavy (non-hydrogen) atoms. The van der Waals surface area contributed by atoms with Crippen molar-refractivity contribution in [3.63, 3.8) is 0 Å². The van der Waals surface area contributed by atoms with E-state index in [1.54, 1.807) is 38.2 Å². The fourth-order valence-corrected chi connectivity index (χ4v) is 6.18. The van der Waals surface area contributed by atoms with Gasteiger partial charge in [0.1, 0.15) is 44.1 Å². The first kappa shape index (κ1) is 106. The number of amides is 6. The summed E-state index contributed by atoms with van der Waals surface area (Å²) in [5, 5.41) is 15.4. The van der Waals surface area contributed by atoms with Crippen molar-refractivity contribution in [3.05, 3.63) is 0 Å². The van der Waals surface area contributed by atoms with Crippen molar-refractivity contribution < 1.29 is 124 Å². The summed E-state index contributed by atoms with van der Waals surface area (Å²) in [5.74, 6) is -0.900. The summed E-state index contributed by atoms with van der Waals surface area (Å²) in [6, 6.07) is 0. The van der Waals surface area contributed by atoms with Gasteiger partial charge in [-0.3, -0.25) is 29.0 Å². The predicted molar refractivity (Wildman–Crippen MR) is 360 cm³/mol. The van der Waals surface area contributed by atoms with Crippen LogP contribution in [-0.2, 0) is 95.0 Å². The van der Waals surface area contributed by atoms with E-state index in [9.17, 15) is 47.9 Å². The molecule has 572 valence electrons. The van der Waals surface area contributed by atoms with Crippen LogP contribution >= 0.6 is 0 Å². The zero-order valence-electron chi connectivity index (χ0n) is 56.5. The predicted octanol–water partition coefficient (Wildman–Crippen LogP) is 4.79. The Bertz CT molecular complexity index is 1810. The summed E-state index contributed by atoms with van der Waals surface area (Å²) in [6.45, 7) is 20.8. The molecule has 0 aromatic rings. The number of Topliss-reactive ketones (excluding diaryl/α,β-unsaturated/α-hetero) is 2. The summed E-state index contributed by atoms with van der Waals surface area (Å²) in [7, 11) is 6.61. The molecule has 0 aliphatic heterocycles. The second-order valence-corrected chi connectivity index (χ2v) is 18.9. The Morgan fingerprint density at radius 1 is 0.302 bits per heavy atom. The Balaban J connectivity index is -0.000000231. The fraction of sp³-hybridized carbons (Fsp3) is 0.839. The van der Waals surface area contributed by atoms with E-state index in [4.69, 9.17) is 56.8 Å². The summed E-state index contributed by atoms with van der Waals surface area (Å²) in [4.78, 5) is 118. The Morgan fingerprint density at radius 3 is 0.781 bits per heavy atom.